The van der Waals surface area contributed by atoms with Gasteiger partial charge in [0.1, 0.15) is 0 Å². The molecular formula is C65H96N2O2S4. The van der Waals surface area contributed by atoms with Crippen molar-refractivity contribution in [3.63, 3.8) is 0 Å². The number of thiophene rings is 3. The summed E-state index contributed by atoms with van der Waals surface area (Å²) in [6.07, 6.45) is 38.4. The maximum Gasteiger partial charge on any atom is 0.261 e. The third kappa shape index (κ3) is 15.6. The molecule has 2 atom stereocenters. The van der Waals surface area contributed by atoms with Crippen molar-refractivity contribution in [1.29, 1.82) is 0 Å². The van der Waals surface area contributed by atoms with E-state index >= 15 is 9.59 Å². The Balaban J connectivity index is 1.46. The molecule has 0 saturated heterocycles. The average Bonchev–Trinajstić information content (AvgIpc) is 4.25. The highest BCUT2D eigenvalue weighted by Crippen LogP contribution is 2.51. The van der Waals surface area contributed by atoms with Gasteiger partial charge in [0.15, 0.2) is 0 Å². The first-order valence-electron chi connectivity index (χ1n) is 29.9. The summed E-state index contributed by atoms with van der Waals surface area (Å²) in [5.41, 5.74) is 6.89. The number of hydrogen-bond donors (Lipinski definition) is 1. The largest absolute Gasteiger partial charge is 0.306 e. The highest BCUT2D eigenvalue weighted by atomic mass is 32.1. The van der Waals surface area contributed by atoms with E-state index in [4.69, 9.17) is 12.6 Å². The lowest BCUT2D eigenvalue weighted by Gasteiger charge is -2.29. The van der Waals surface area contributed by atoms with Gasteiger partial charge in [0.2, 0.25) is 0 Å². The van der Waals surface area contributed by atoms with Gasteiger partial charge < -0.3 is 9.80 Å². The van der Waals surface area contributed by atoms with Gasteiger partial charge in [-0.15, -0.1) is 46.6 Å². The quantitative estimate of drug-likeness (QED) is 0.0359. The third-order valence-electron chi connectivity index (χ3n) is 16.1. The van der Waals surface area contributed by atoms with Crippen LogP contribution in [0.5, 0.6) is 0 Å². The van der Waals surface area contributed by atoms with Crippen molar-refractivity contribution in [2.24, 2.45) is 11.8 Å². The van der Waals surface area contributed by atoms with Gasteiger partial charge in [-0.3, -0.25) is 9.59 Å². The summed E-state index contributed by atoms with van der Waals surface area (Å²) in [5.74, 6) is 0.850. The van der Waals surface area contributed by atoms with Crippen LogP contribution in [0.3, 0.4) is 0 Å². The first-order chi connectivity index (χ1) is 35.6. The molecule has 0 spiro atoms. The van der Waals surface area contributed by atoms with Gasteiger partial charge in [0, 0.05) is 37.3 Å². The number of carbonyl (C=O) groups is 2. The zero-order valence-corrected chi connectivity index (χ0v) is 50.2. The molecular weight excluding hydrogens is 969 g/mol. The fraction of sp³-hybridized carbons (Fsp3) is 0.631. The molecule has 1 aromatic carbocycles. The second-order valence-electron chi connectivity index (χ2n) is 21.8. The van der Waals surface area contributed by atoms with E-state index in [1.807, 2.05) is 17.4 Å². The minimum atomic E-state index is 0.0379. The fourth-order valence-corrected chi connectivity index (χ4v) is 15.4. The smallest absolute Gasteiger partial charge is 0.261 e. The van der Waals surface area contributed by atoms with Gasteiger partial charge in [0.25, 0.3) is 11.8 Å². The lowest BCUT2D eigenvalue weighted by Crippen LogP contribution is -2.34. The minimum Gasteiger partial charge on any atom is -0.306 e. The molecule has 4 nitrogen and oxygen atoms in total. The van der Waals surface area contributed by atoms with Crippen LogP contribution in [0.1, 0.15) is 253 Å². The van der Waals surface area contributed by atoms with Crippen molar-refractivity contribution in [1.82, 2.24) is 9.80 Å². The van der Waals surface area contributed by atoms with Crippen molar-refractivity contribution in [2.75, 3.05) is 13.1 Å². The Morgan fingerprint density at radius 2 is 0.959 bits per heavy atom. The van der Waals surface area contributed by atoms with E-state index in [0.29, 0.717) is 36.1 Å². The minimum absolute atomic E-state index is 0.0379. The molecule has 0 radical (unpaired) electrons. The number of thiol groups is 1. The zero-order chi connectivity index (χ0) is 52.1. The van der Waals surface area contributed by atoms with Gasteiger partial charge in [0.05, 0.1) is 32.3 Å². The lowest BCUT2D eigenvalue weighted by atomic mass is 9.93. The summed E-state index contributed by atoms with van der Waals surface area (Å²) in [4.78, 5) is 42.7. The van der Waals surface area contributed by atoms with E-state index in [2.05, 4.69) is 95.2 Å². The van der Waals surface area contributed by atoms with Crippen molar-refractivity contribution >= 4 is 86.0 Å². The normalized spacial score (nSPS) is 14.8. The predicted molar refractivity (Wildman–Crippen MR) is 327 cm³/mol. The molecule has 2 amide bonds. The average molecular weight is 1070 g/mol. The number of unbranched alkanes of at least 4 members (excludes halogenated alkanes) is 19. The Kier molecular flexibility index (Phi) is 25.5. The van der Waals surface area contributed by atoms with E-state index < -0.39 is 0 Å². The number of aryl methyl sites for hydroxylation is 2. The molecule has 402 valence electrons. The molecule has 8 heteroatoms. The van der Waals surface area contributed by atoms with Crippen LogP contribution in [0.4, 0.5) is 0 Å². The first-order valence-corrected chi connectivity index (χ1v) is 32.8. The van der Waals surface area contributed by atoms with Crippen molar-refractivity contribution < 1.29 is 9.59 Å². The topological polar surface area (TPSA) is 40.6 Å². The van der Waals surface area contributed by atoms with E-state index in [9.17, 15) is 0 Å². The number of nitrogens with zero attached hydrogens (tertiary/aromatic N) is 2. The van der Waals surface area contributed by atoms with Crippen LogP contribution in [-0.2, 0) is 22.4 Å². The zero-order valence-electron chi connectivity index (χ0n) is 46.8. The van der Waals surface area contributed by atoms with Gasteiger partial charge >= 0.3 is 0 Å². The SMILES string of the molecule is C=Cc1c(C)c(S)c2sc(-c3ccc(C4=C5C(=O)N(CC(CCCCCC)CCCCCCCC)C(c6ccc(CC)s6)=C5C(=O)N4CC(CCCCCC)CCCCCCCC)s3)cc2c1CCCCCC. The van der Waals surface area contributed by atoms with Crippen LogP contribution < -0.4 is 0 Å². The Labute approximate surface area is 462 Å². The highest BCUT2D eigenvalue weighted by Gasteiger charge is 2.50. The summed E-state index contributed by atoms with van der Waals surface area (Å²) < 4.78 is 1.24. The Morgan fingerprint density at radius 3 is 1.42 bits per heavy atom. The third-order valence-corrected chi connectivity index (χ3v) is 20.5. The Bertz CT molecular complexity index is 2430. The van der Waals surface area contributed by atoms with Crippen molar-refractivity contribution in [3.8, 4) is 9.75 Å². The molecule has 0 fully saturated rings. The van der Waals surface area contributed by atoms with Crippen LogP contribution in [-0.4, -0.2) is 34.7 Å². The van der Waals surface area contributed by atoms with Crippen molar-refractivity contribution in [3.05, 3.63) is 79.4 Å². The molecule has 73 heavy (non-hydrogen) atoms. The van der Waals surface area contributed by atoms with E-state index in [0.717, 1.165) is 71.0 Å². The number of carbonyl (C=O) groups excluding carboxylic acids is 2. The standard InChI is InChI=1S/C65H96N2O2S4/c1-9-16-21-26-28-32-37-48(35-30-23-18-11-3)45-66-60(55-41-40-50(14-6)71-55)58-59(65(66)69)61(67(64(58)68)46-49(36-31-24-19-12-4)38-33-29-27-22-17-10-2)56-43-42-54(72-56)57-44-53-52(39-34-25-20-13-5)51(15-7)47(8)62(70)63(53)73-57/h15,40-44,48-49,70H,7,9-14,16-39,45-46H2,1-6,8H3. The van der Waals surface area contributed by atoms with E-state index in [1.54, 1.807) is 22.7 Å². The highest BCUT2D eigenvalue weighted by molar-refractivity contribution is 7.80. The maximum absolute atomic E-state index is 15.8. The second kappa shape index (κ2) is 31.3. The number of hydrogen-bond acceptors (Lipinski definition) is 6. The molecule has 0 bridgehead atoms. The second-order valence-corrected chi connectivity index (χ2v) is 25.6. The lowest BCUT2D eigenvalue weighted by molar-refractivity contribution is -0.124. The Hall–Kier alpha value is -2.91. The number of benzene rings is 1. The summed E-state index contributed by atoms with van der Waals surface area (Å²) in [6.45, 7) is 21.5. The van der Waals surface area contributed by atoms with Gasteiger partial charge in [-0.1, -0.05) is 202 Å². The molecule has 2 aliphatic rings. The number of amides is 2. The molecule has 5 heterocycles. The monoisotopic (exact) mass is 1060 g/mol. The van der Waals surface area contributed by atoms with Crippen LogP contribution in [0, 0.1) is 18.8 Å². The summed E-state index contributed by atoms with van der Waals surface area (Å²) in [6, 6.07) is 11.3. The van der Waals surface area contributed by atoms with Crippen LogP contribution >= 0.6 is 46.6 Å². The number of fused-ring (bicyclic) bond motifs is 2. The first kappa shape index (κ1) is 59.3. The van der Waals surface area contributed by atoms with Crippen LogP contribution in [0.15, 0.2) is 53.0 Å². The van der Waals surface area contributed by atoms with Gasteiger partial charge in [-0.05, 0) is 116 Å². The van der Waals surface area contributed by atoms with Crippen molar-refractivity contribution in [2.45, 2.75) is 246 Å². The molecule has 0 aliphatic carbocycles. The molecule has 2 unspecified atom stereocenters. The molecule has 4 aromatic rings. The summed E-state index contributed by atoms with van der Waals surface area (Å²) >= 11 is 10.5. The molecule has 0 N–H and O–H groups in total. The molecule has 2 aliphatic heterocycles. The van der Waals surface area contributed by atoms with Gasteiger partial charge in [-0.2, -0.15) is 0 Å². The Morgan fingerprint density at radius 1 is 0.534 bits per heavy atom. The summed E-state index contributed by atoms with van der Waals surface area (Å²) in [7, 11) is 0. The molecule has 0 saturated carbocycles. The van der Waals surface area contributed by atoms with Crippen LogP contribution in [0.2, 0.25) is 0 Å². The van der Waals surface area contributed by atoms with E-state index in [1.165, 1.54) is 189 Å². The maximum atomic E-state index is 15.8. The van der Waals surface area contributed by atoms with Gasteiger partial charge in [-0.25, -0.2) is 0 Å². The van der Waals surface area contributed by atoms with E-state index in [-0.39, 0.29) is 11.8 Å². The molecule has 6 rings (SSSR count). The fourth-order valence-electron chi connectivity index (χ4n) is 11.7. The summed E-state index contributed by atoms with van der Waals surface area (Å²) in [5, 5.41) is 1.29. The van der Waals surface area contributed by atoms with Crippen LogP contribution in [0.25, 0.3) is 37.3 Å². The molecule has 3 aromatic heterocycles. The predicted octanol–water partition coefficient (Wildman–Crippen LogP) is 21.1. The number of rotatable bonds is 38.